The van der Waals surface area contributed by atoms with Gasteiger partial charge in [0.05, 0.1) is 37.9 Å². The van der Waals surface area contributed by atoms with Gasteiger partial charge in [0.25, 0.3) is 0 Å². The number of rotatable bonds is 2. The lowest BCUT2D eigenvalue weighted by atomic mass is 10.1. The van der Waals surface area contributed by atoms with Crippen LogP contribution in [-0.4, -0.2) is 61.9 Å². The third-order valence-electron chi connectivity index (χ3n) is 4.21. The zero-order valence-electron chi connectivity index (χ0n) is 11.2. The second-order valence-corrected chi connectivity index (χ2v) is 5.40. The van der Waals surface area contributed by atoms with E-state index in [-0.39, 0.29) is 30.5 Å². The molecule has 6 heteroatoms. The van der Waals surface area contributed by atoms with Gasteiger partial charge < -0.3 is 19.7 Å². The maximum Gasteiger partial charge on any atom is 0.225 e. The van der Waals surface area contributed by atoms with E-state index in [1.807, 2.05) is 4.90 Å². The van der Waals surface area contributed by atoms with Gasteiger partial charge >= 0.3 is 0 Å². The molecule has 3 aliphatic rings. The lowest BCUT2D eigenvalue weighted by Crippen LogP contribution is -2.52. The van der Waals surface area contributed by atoms with E-state index < -0.39 is 0 Å². The van der Waals surface area contributed by atoms with Crippen molar-refractivity contribution in [1.29, 1.82) is 0 Å². The minimum atomic E-state index is 0. The molecule has 1 aliphatic carbocycles. The van der Waals surface area contributed by atoms with E-state index >= 15 is 0 Å². The highest BCUT2D eigenvalue weighted by Crippen LogP contribution is 2.30. The summed E-state index contributed by atoms with van der Waals surface area (Å²) < 4.78 is 11.3. The smallest absolute Gasteiger partial charge is 0.225 e. The number of nitrogens with one attached hydrogen (secondary N) is 1. The third kappa shape index (κ3) is 3.40. The highest BCUT2D eigenvalue weighted by Gasteiger charge is 2.38. The fraction of sp³-hybridized carbons (Fsp3) is 0.923. The molecular weight excluding hydrogens is 268 g/mol. The van der Waals surface area contributed by atoms with Gasteiger partial charge in [0, 0.05) is 19.6 Å². The van der Waals surface area contributed by atoms with Gasteiger partial charge in [-0.2, -0.15) is 0 Å². The Morgan fingerprint density at radius 2 is 2.16 bits per heavy atom. The molecule has 110 valence electrons. The number of fused-ring (bicyclic) bond motifs is 1. The molecule has 2 aliphatic heterocycles. The second-order valence-electron chi connectivity index (χ2n) is 5.40. The summed E-state index contributed by atoms with van der Waals surface area (Å²) in [5, 5.41) is 3.27. The molecule has 0 aromatic heterocycles. The van der Waals surface area contributed by atoms with Crippen LogP contribution in [0.3, 0.4) is 0 Å². The number of carbonyl (C=O) groups is 1. The molecular formula is C13H23ClN2O3. The van der Waals surface area contributed by atoms with E-state index in [1.165, 1.54) is 6.42 Å². The number of nitrogens with zero attached hydrogens (tertiary/aromatic N) is 1. The SMILES string of the molecule is Cl.O=C(CC1CNCCO1)N1CCOC2CCCC21. The summed E-state index contributed by atoms with van der Waals surface area (Å²) in [6.07, 6.45) is 4.23. The zero-order chi connectivity index (χ0) is 12.4. The van der Waals surface area contributed by atoms with Crippen molar-refractivity contribution in [2.75, 3.05) is 32.8 Å². The van der Waals surface area contributed by atoms with Gasteiger partial charge in [-0.15, -0.1) is 12.4 Å². The van der Waals surface area contributed by atoms with Crippen molar-refractivity contribution in [1.82, 2.24) is 10.2 Å². The Balaban J connectivity index is 0.00000133. The van der Waals surface area contributed by atoms with Crippen LogP contribution in [0.2, 0.25) is 0 Å². The third-order valence-corrected chi connectivity index (χ3v) is 4.21. The first kappa shape index (κ1) is 15.0. The average molecular weight is 291 g/mol. The highest BCUT2D eigenvalue weighted by molar-refractivity contribution is 5.85. The highest BCUT2D eigenvalue weighted by atomic mass is 35.5. The molecule has 0 spiro atoms. The largest absolute Gasteiger partial charge is 0.375 e. The van der Waals surface area contributed by atoms with Crippen LogP contribution in [0.4, 0.5) is 0 Å². The lowest BCUT2D eigenvalue weighted by molar-refractivity contribution is -0.147. The average Bonchev–Trinajstić information content (AvgIpc) is 2.87. The first-order valence-electron chi connectivity index (χ1n) is 7.08. The van der Waals surface area contributed by atoms with E-state index in [4.69, 9.17) is 9.47 Å². The normalized spacial score (nSPS) is 34.5. The minimum Gasteiger partial charge on any atom is -0.375 e. The summed E-state index contributed by atoms with van der Waals surface area (Å²) in [4.78, 5) is 14.4. The van der Waals surface area contributed by atoms with E-state index in [1.54, 1.807) is 0 Å². The Morgan fingerprint density at radius 3 is 2.95 bits per heavy atom. The van der Waals surface area contributed by atoms with E-state index in [2.05, 4.69) is 5.32 Å². The molecule has 2 saturated heterocycles. The Bertz CT molecular complexity index is 310. The topological polar surface area (TPSA) is 50.8 Å². The molecule has 1 amide bonds. The van der Waals surface area contributed by atoms with Crippen LogP contribution < -0.4 is 5.32 Å². The Morgan fingerprint density at radius 1 is 1.26 bits per heavy atom. The van der Waals surface area contributed by atoms with Crippen LogP contribution >= 0.6 is 12.4 Å². The van der Waals surface area contributed by atoms with Crippen molar-refractivity contribution >= 4 is 18.3 Å². The van der Waals surface area contributed by atoms with Crippen molar-refractivity contribution in [2.45, 2.75) is 43.9 Å². The van der Waals surface area contributed by atoms with E-state index in [0.29, 0.717) is 25.7 Å². The van der Waals surface area contributed by atoms with Gasteiger partial charge in [0.2, 0.25) is 5.91 Å². The molecule has 2 heterocycles. The molecule has 1 saturated carbocycles. The standard InChI is InChI=1S/C13H22N2O3.ClH/c16-13(8-10-9-14-4-6-17-10)15-5-7-18-12-3-1-2-11(12)15;/h10-12,14H,1-9H2;1H. The summed E-state index contributed by atoms with van der Waals surface area (Å²) in [5.74, 6) is 0.240. The minimum absolute atomic E-state index is 0. The Hall–Kier alpha value is -0.360. The lowest BCUT2D eigenvalue weighted by Gasteiger charge is -2.38. The summed E-state index contributed by atoms with van der Waals surface area (Å²) in [7, 11) is 0. The van der Waals surface area contributed by atoms with Crippen LogP contribution in [0.5, 0.6) is 0 Å². The van der Waals surface area contributed by atoms with Gasteiger partial charge in [-0.05, 0) is 19.3 Å². The van der Waals surface area contributed by atoms with Gasteiger partial charge in [-0.3, -0.25) is 4.79 Å². The Labute approximate surface area is 120 Å². The number of hydrogen-bond acceptors (Lipinski definition) is 4. The predicted molar refractivity (Wildman–Crippen MR) is 73.6 cm³/mol. The van der Waals surface area contributed by atoms with Crippen molar-refractivity contribution in [2.24, 2.45) is 0 Å². The molecule has 3 fully saturated rings. The molecule has 5 nitrogen and oxygen atoms in total. The predicted octanol–water partition coefficient (Wildman–Crippen LogP) is 0.567. The molecule has 0 bridgehead atoms. The van der Waals surface area contributed by atoms with Gasteiger partial charge in [-0.1, -0.05) is 0 Å². The van der Waals surface area contributed by atoms with Crippen molar-refractivity contribution in [3.8, 4) is 0 Å². The van der Waals surface area contributed by atoms with Crippen molar-refractivity contribution in [3.63, 3.8) is 0 Å². The molecule has 1 N–H and O–H groups in total. The molecule has 0 aromatic carbocycles. The summed E-state index contributed by atoms with van der Waals surface area (Å²) in [6, 6.07) is 0.322. The Kier molecular flexibility index (Phi) is 5.45. The van der Waals surface area contributed by atoms with Gasteiger partial charge in [-0.25, -0.2) is 0 Å². The van der Waals surface area contributed by atoms with Gasteiger partial charge in [0.15, 0.2) is 0 Å². The molecule has 0 radical (unpaired) electrons. The van der Waals surface area contributed by atoms with E-state index in [9.17, 15) is 4.79 Å². The molecule has 3 unspecified atom stereocenters. The van der Waals surface area contributed by atoms with Crippen LogP contribution in [0.15, 0.2) is 0 Å². The van der Waals surface area contributed by atoms with Gasteiger partial charge in [0.1, 0.15) is 0 Å². The quantitative estimate of drug-likeness (QED) is 0.808. The molecule has 3 rings (SSSR count). The second kappa shape index (κ2) is 6.88. The number of morpholine rings is 2. The number of amides is 1. The molecule has 0 aromatic rings. The van der Waals surface area contributed by atoms with Crippen molar-refractivity contribution < 1.29 is 14.3 Å². The fourth-order valence-corrected chi connectivity index (χ4v) is 3.30. The van der Waals surface area contributed by atoms with Crippen LogP contribution in [-0.2, 0) is 14.3 Å². The van der Waals surface area contributed by atoms with E-state index in [0.717, 1.165) is 32.5 Å². The van der Waals surface area contributed by atoms with Crippen LogP contribution in [0, 0.1) is 0 Å². The summed E-state index contributed by atoms with van der Waals surface area (Å²) in [6.45, 7) is 3.85. The number of halogens is 1. The molecule has 3 atom stereocenters. The number of hydrogen-bond donors (Lipinski definition) is 1. The monoisotopic (exact) mass is 290 g/mol. The maximum atomic E-state index is 12.4. The summed E-state index contributed by atoms with van der Waals surface area (Å²) in [5.41, 5.74) is 0. The van der Waals surface area contributed by atoms with Crippen molar-refractivity contribution in [3.05, 3.63) is 0 Å². The fourth-order valence-electron chi connectivity index (χ4n) is 3.30. The number of ether oxygens (including phenoxy) is 2. The summed E-state index contributed by atoms with van der Waals surface area (Å²) >= 11 is 0. The zero-order valence-corrected chi connectivity index (χ0v) is 12.0. The van der Waals surface area contributed by atoms with Crippen LogP contribution in [0.25, 0.3) is 0 Å². The number of carbonyl (C=O) groups excluding carboxylic acids is 1. The molecule has 19 heavy (non-hydrogen) atoms. The first-order valence-corrected chi connectivity index (χ1v) is 7.08. The maximum absolute atomic E-state index is 12.4. The van der Waals surface area contributed by atoms with Crippen LogP contribution in [0.1, 0.15) is 25.7 Å². The first-order chi connectivity index (χ1) is 8.84.